The molecule has 5 aromatic carbocycles. The summed E-state index contributed by atoms with van der Waals surface area (Å²) in [5.41, 5.74) is 16.9. The van der Waals surface area contributed by atoms with E-state index < -0.39 is 0 Å². The van der Waals surface area contributed by atoms with Crippen LogP contribution in [0.5, 0.6) is 0 Å². The number of hydrogen-bond acceptors (Lipinski definition) is 7. The topological polar surface area (TPSA) is 90.2 Å². The van der Waals surface area contributed by atoms with Gasteiger partial charge in [-0.1, -0.05) is 130 Å². The molecular weight excluding hydrogens is 795 g/mol. The number of nitrogens with zero attached hydrogens (tertiary/aromatic N) is 7. The Kier molecular flexibility index (Phi) is 14.1. The molecule has 0 atom stereocenters. The summed E-state index contributed by atoms with van der Waals surface area (Å²) in [5.74, 6) is 2.11. The molecule has 0 aliphatic carbocycles. The highest BCUT2D eigenvalue weighted by Crippen LogP contribution is 2.33. The summed E-state index contributed by atoms with van der Waals surface area (Å²) < 4.78 is 0. The minimum Gasteiger partial charge on any atom is -0.264 e. The highest BCUT2D eigenvalue weighted by molar-refractivity contribution is 5.80. The van der Waals surface area contributed by atoms with E-state index in [-0.39, 0.29) is 0 Å². The Balaban J connectivity index is 0.000000171. The van der Waals surface area contributed by atoms with Crippen molar-refractivity contribution in [1.82, 2.24) is 34.9 Å². The van der Waals surface area contributed by atoms with Gasteiger partial charge in [-0.3, -0.25) is 19.9 Å². The molecule has 0 spiro atoms. The van der Waals surface area contributed by atoms with Gasteiger partial charge in [-0.2, -0.15) is 0 Å². The summed E-state index contributed by atoms with van der Waals surface area (Å²) in [6, 6.07) is 56.6. The van der Waals surface area contributed by atoms with Crippen LogP contribution in [0, 0.1) is 6.92 Å². The molecule has 316 valence electrons. The number of aromatic nitrogens is 7. The highest BCUT2D eigenvalue weighted by atomic mass is 15.0. The molecule has 0 saturated heterocycles. The Morgan fingerprint density at radius 1 is 0.308 bits per heavy atom. The lowest BCUT2D eigenvalue weighted by atomic mass is 9.93. The maximum Gasteiger partial charge on any atom is 0.163 e. The van der Waals surface area contributed by atoms with Gasteiger partial charge in [0.05, 0.1) is 0 Å². The van der Waals surface area contributed by atoms with Crippen LogP contribution in [0.2, 0.25) is 0 Å². The van der Waals surface area contributed by atoms with Crippen LogP contribution in [0.25, 0.3) is 89.5 Å². The molecule has 0 N–H and O–H groups in total. The van der Waals surface area contributed by atoms with E-state index in [0.717, 1.165) is 56.8 Å². The summed E-state index contributed by atoms with van der Waals surface area (Å²) >= 11 is 0. The third-order valence-corrected chi connectivity index (χ3v) is 10.7. The molecule has 5 heterocycles. The van der Waals surface area contributed by atoms with Crippen LogP contribution in [0.4, 0.5) is 0 Å². The smallest absolute Gasteiger partial charge is 0.163 e. The van der Waals surface area contributed by atoms with Gasteiger partial charge in [0.2, 0.25) is 0 Å². The van der Waals surface area contributed by atoms with Gasteiger partial charge in [-0.05, 0) is 112 Å². The van der Waals surface area contributed by atoms with Crippen molar-refractivity contribution in [1.29, 1.82) is 0 Å². The predicted octanol–water partition coefficient (Wildman–Crippen LogP) is 14.4. The Morgan fingerprint density at radius 2 is 0.585 bits per heavy atom. The molecule has 5 aromatic heterocycles. The monoisotopic (exact) mass is 843 g/mol. The van der Waals surface area contributed by atoms with E-state index in [0.29, 0.717) is 11.6 Å². The Hall–Kier alpha value is -8.29. The molecule has 0 saturated carbocycles. The molecule has 0 aliphatic rings. The fraction of sp³-hybridized carbons (Fsp3) is 0.0862. The number of aryl methyl sites for hydroxylation is 2. The highest BCUT2D eigenvalue weighted by Gasteiger charge is 2.13. The molecule has 10 rings (SSSR count). The number of pyridine rings is 4. The molecule has 10 aromatic rings. The van der Waals surface area contributed by atoms with Crippen molar-refractivity contribution in [3.05, 3.63) is 225 Å². The van der Waals surface area contributed by atoms with Crippen molar-refractivity contribution in [3.63, 3.8) is 0 Å². The van der Waals surface area contributed by atoms with Crippen molar-refractivity contribution in [2.45, 2.75) is 34.1 Å². The van der Waals surface area contributed by atoms with E-state index in [1.807, 2.05) is 99.3 Å². The Morgan fingerprint density at radius 3 is 0.892 bits per heavy atom. The van der Waals surface area contributed by atoms with Crippen LogP contribution in [0.1, 0.15) is 32.2 Å². The van der Waals surface area contributed by atoms with Crippen LogP contribution >= 0.6 is 0 Å². The molecule has 0 aliphatic heterocycles. The minimum atomic E-state index is 0.671. The SMILES string of the molecule is CC.CCc1nc(-c2cccc(-c3cccnc3)c2)nc(-c2cccc(-c3cccnc3)c2)n1.Cc1cc(-c2cccc(-c3cccnc3)c2)cc(-c2cccc(-c3cccnc3)c2)c1. The summed E-state index contributed by atoms with van der Waals surface area (Å²) in [7, 11) is 0. The lowest BCUT2D eigenvalue weighted by Crippen LogP contribution is -2.02. The second kappa shape index (κ2) is 21.2. The van der Waals surface area contributed by atoms with Crippen molar-refractivity contribution in [2.24, 2.45) is 0 Å². The maximum atomic E-state index is 4.84. The zero-order valence-electron chi connectivity index (χ0n) is 37.0. The van der Waals surface area contributed by atoms with E-state index in [1.54, 1.807) is 24.8 Å². The molecule has 0 amide bonds. The molecule has 0 radical (unpaired) electrons. The molecule has 0 bridgehead atoms. The maximum absolute atomic E-state index is 4.84. The molecule has 0 unspecified atom stereocenters. The molecular formula is C58H49N7. The van der Waals surface area contributed by atoms with Crippen LogP contribution in [0.15, 0.2) is 213 Å². The zero-order valence-corrected chi connectivity index (χ0v) is 37.0. The van der Waals surface area contributed by atoms with Gasteiger partial charge in [0.1, 0.15) is 5.82 Å². The van der Waals surface area contributed by atoms with Crippen LogP contribution in [-0.2, 0) is 6.42 Å². The van der Waals surface area contributed by atoms with Crippen LogP contribution < -0.4 is 0 Å². The third-order valence-electron chi connectivity index (χ3n) is 10.7. The molecule has 7 nitrogen and oxygen atoms in total. The van der Waals surface area contributed by atoms with E-state index in [2.05, 4.69) is 137 Å². The van der Waals surface area contributed by atoms with Gasteiger partial charge in [0.15, 0.2) is 11.6 Å². The van der Waals surface area contributed by atoms with Crippen molar-refractivity contribution >= 4 is 0 Å². The van der Waals surface area contributed by atoms with Crippen molar-refractivity contribution < 1.29 is 0 Å². The quantitative estimate of drug-likeness (QED) is 0.143. The Bertz CT molecular complexity index is 2900. The first-order valence-corrected chi connectivity index (χ1v) is 22.0. The van der Waals surface area contributed by atoms with Crippen molar-refractivity contribution in [2.75, 3.05) is 0 Å². The fourth-order valence-electron chi connectivity index (χ4n) is 7.52. The molecule has 7 heteroatoms. The van der Waals surface area contributed by atoms with E-state index in [4.69, 9.17) is 15.0 Å². The van der Waals surface area contributed by atoms with E-state index in [1.165, 1.54) is 38.9 Å². The largest absolute Gasteiger partial charge is 0.264 e. The van der Waals surface area contributed by atoms with Gasteiger partial charge in [-0.15, -0.1) is 0 Å². The van der Waals surface area contributed by atoms with Gasteiger partial charge in [0.25, 0.3) is 0 Å². The minimum absolute atomic E-state index is 0.671. The first-order valence-electron chi connectivity index (χ1n) is 22.0. The number of hydrogen-bond donors (Lipinski definition) is 0. The lowest BCUT2D eigenvalue weighted by molar-refractivity contribution is 0.910. The first kappa shape index (κ1) is 43.4. The lowest BCUT2D eigenvalue weighted by Gasteiger charge is -2.11. The summed E-state index contributed by atoms with van der Waals surface area (Å²) in [6.45, 7) is 8.21. The predicted molar refractivity (Wildman–Crippen MR) is 266 cm³/mol. The van der Waals surface area contributed by atoms with Crippen molar-refractivity contribution in [3.8, 4) is 89.5 Å². The third kappa shape index (κ3) is 10.8. The average molecular weight is 844 g/mol. The average Bonchev–Trinajstić information content (AvgIpc) is 3.40. The number of benzene rings is 5. The summed E-state index contributed by atoms with van der Waals surface area (Å²) in [4.78, 5) is 31.3. The second-order valence-electron chi connectivity index (χ2n) is 15.1. The summed E-state index contributed by atoms with van der Waals surface area (Å²) in [5, 5.41) is 0. The van der Waals surface area contributed by atoms with Gasteiger partial charge < -0.3 is 0 Å². The first-order chi connectivity index (χ1) is 32.1. The standard InChI is InChI=1S/C29H22N2.C27H21N5.C2H6/c1-21-14-28(24-8-2-6-22(16-24)26-10-4-12-30-19-26)18-29(15-21)25-9-3-7-23(17-25)27-11-5-13-31-20-27;1-2-25-30-26(21-9-3-7-19(15-21)23-11-5-13-28-17-23)32-27(31-25)22-10-4-8-20(16-22)24-12-6-14-29-18-24;1-2/h2-20H,1H3;3-18H,2H2,1H3;1-2H3. The molecule has 0 fully saturated rings. The van der Waals surface area contributed by atoms with Crippen LogP contribution in [-0.4, -0.2) is 34.9 Å². The van der Waals surface area contributed by atoms with Gasteiger partial charge in [0, 0.05) is 89.4 Å². The van der Waals surface area contributed by atoms with E-state index in [9.17, 15) is 0 Å². The normalized spacial score (nSPS) is 10.5. The van der Waals surface area contributed by atoms with E-state index >= 15 is 0 Å². The Labute approximate surface area is 381 Å². The zero-order chi connectivity index (χ0) is 44.8. The fourth-order valence-corrected chi connectivity index (χ4v) is 7.52. The van der Waals surface area contributed by atoms with Crippen LogP contribution in [0.3, 0.4) is 0 Å². The number of rotatable bonds is 9. The second-order valence-corrected chi connectivity index (χ2v) is 15.1. The van der Waals surface area contributed by atoms with Gasteiger partial charge in [-0.25, -0.2) is 15.0 Å². The summed E-state index contributed by atoms with van der Waals surface area (Å²) in [6.07, 6.45) is 15.4. The van der Waals surface area contributed by atoms with Gasteiger partial charge >= 0.3 is 0 Å². The molecule has 65 heavy (non-hydrogen) atoms.